The highest BCUT2D eigenvalue weighted by Crippen LogP contribution is 2.14. The Morgan fingerprint density at radius 3 is 2.27 bits per heavy atom. The second-order valence-electron chi connectivity index (χ2n) is 3.01. The Morgan fingerprint density at radius 1 is 1.45 bits per heavy atom. The van der Waals surface area contributed by atoms with E-state index in [2.05, 4.69) is 26.8 Å². The Balaban J connectivity index is 4.38. The molecule has 0 amide bonds. The maximum absolute atomic E-state index is 9.24. The Kier molecular flexibility index (Phi) is 4.67. The third kappa shape index (κ3) is 3.87. The summed E-state index contributed by atoms with van der Waals surface area (Å²) in [6.45, 7) is 7.97. The van der Waals surface area contributed by atoms with Crippen LogP contribution in [0.15, 0.2) is 23.5 Å². The van der Waals surface area contributed by atoms with Gasteiger partial charge in [0, 0.05) is 0 Å². The second-order valence-corrected chi connectivity index (χ2v) is 3.01. The van der Waals surface area contributed by atoms with Crippen molar-refractivity contribution in [2.24, 2.45) is 5.92 Å². The zero-order valence-corrected chi connectivity index (χ0v) is 7.89. The summed E-state index contributed by atoms with van der Waals surface area (Å²) in [5.41, 5.74) is 1.03. The summed E-state index contributed by atoms with van der Waals surface area (Å²) >= 11 is 0. The van der Waals surface area contributed by atoms with Gasteiger partial charge < -0.3 is 5.11 Å². The van der Waals surface area contributed by atoms with Gasteiger partial charge in [0.2, 0.25) is 0 Å². The summed E-state index contributed by atoms with van der Waals surface area (Å²) in [5.74, 6) is 0.840. The van der Waals surface area contributed by atoms with E-state index in [-0.39, 0.29) is 0 Å². The van der Waals surface area contributed by atoms with Crippen LogP contribution in [-0.2, 0) is 0 Å². The highest BCUT2D eigenvalue weighted by Gasteiger charge is 2.01. The summed E-state index contributed by atoms with van der Waals surface area (Å²) in [5, 5.41) is 9.24. The zero-order chi connectivity index (χ0) is 8.85. The van der Waals surface area contributed by atoms with E-state index >= 15 is 0 Å². The normalized spacial score (nSPS) is 14.3. The van der Waals surface area contributed by atoms with E-state index in [4.69, 9.17) is 0 Å². The molecule has 0 aromatic heterocycles. The van der Waals surface area contributed by atoms with Gasteiger partial charge >= 0.3 is 0 Å². The summed E-state index contributed by atoms with van der Waals surface area (Å²) in [7, 11) is 0. The van der Waals surface area contributed by atoms with E-state index in [1.807, 2.05) is 6.08 Å². The van der Waals surface area contributed by atoms with Crippen molar-refractivity contribution in [3.63, 3.8) is 0 Å². The van der Waals surface area contributed by atoms with Gasteiger partial charge in [-0.2, -0.15) is 0 Å². The molecular formula is C10H18O. The monoisotopic (exact) mass is 154 g/mol. The summed E-state index contributed by atoms with van der Waals surface area (Å²) < 4.78 is 0. The van der Waals surface area contributed by atoms with Crippen molar-refractivity contribution in [2.45, 2.75) is 34.1 Å². The van der Waals surface area contributed by atoms with Crippen molar-refractivity contribution >= 4 is 0 Å². The van der Waals surface area contributed by atoms with Crippen LogP contribution < -0.4 is 0 Å². The van der Waals surface area contributed by atoms with E-state index in [1.54, 1.807) is 6.92 Å². The molecule has 64 valence electrons. The van der Waals surface area contributed by atoms with E-state index in [0.29, 0.717) is 11.7 Å². The van der Waals surface area contributed by atoms with Crippen LogP contribution in [0, 0.1) is 5.92 Å². The molecule has 0 aromatic carbocycles. The van der Waals surface area contributed by atoms with Crippen LogP contribution in [0.4, 0.5) is 0 Å². The van der Waals surface area contributed by atoms with Crippen LogP contribution in [-0.4, -0.2) is 5.11 Å². The van der Waals surface area contributed by atoms with Crippen LogP contribution in [0.2, 0.25) is 0 Å². The quantitative estimate of drug-likeness (QED) is 0.487. The van der Waals surface area contributed by atoms with E-state index in [1.165, 1.54) is 0 Å². The van der Waals surface area contributed by atoms with Gasteiger partial charge in [0.05, 0.1) is 5.76 Å². The molecule has 1 nitrogen and oxygen atoms in total. The number of rotatable bonds is 3. The van der Waals surface area contributed by atoms with Gasteiger partial charge in [-0.05, 0) is 24.8 Å². The minimum absolute atomic E-state index is 0.405. The fraction of sp³-hybridized carbons (Fsp3) is 0.600. The first-order valence-electron chi connectivity index (χ1n) is 4.15. The molecule has 1 heteroatoms. The smallest absolute Gasteiger partial charge is 0.0926 e. The zero-order valence-electron chi connectivity index (χ0n) is 7.89. The molecule has 0 rings (SSSR count). The van der Waals surface area contributed by atoms with E-state index < -0.39 is 0 Å². The molecular weight excluding hydrogens is 136 g/mol. The maximum atomic E-state index is 9.24. The second kappa shape index (κ2) is 5.00. The summed E-state index contributed by atoms with van der Waals surface area (Å²) in [6, 6.07) is 0. The van der Waals surface area contributed by atoms with Crippen molar-refractivity contribution in [2.75, 3.05) is 0 Å². The van der Waals surface area contributed by atoms with Gasteiger partial charge in [-0.15, -0.1) is 0 Å². The van der Waals surface area contributed by atoms with Gasteiger partial charge in [-0.3, -0.25) is 0 Å². The van der Waals surface area contributed by atoms with Crippen LogP contribution in [0.3, 0.4) is 0 Å². The first-order chi connectivity index (χ1) is 5.09. The molecule has 0 saturated carbocycles. The predicted molar refractivity (Wildman–Crippen MR) is 49.6 cm³/mol. The molecule has 0 saturated heterocycles. The molecule has 0 radical (unpaired) electrons. The Morgan fingerprint density at radius 2 is 2.00 bits per heavy atom. The number of hydrogen-bond donors (Lipinski definition) is 1. The lowest BCUT2D eigenvalue weighted by Gasteiger charge is -2.06. The molecule has 0 bridgehead atoms. The first-order valence-corrected chi connectivity index (χ1v) is 4.15. The number of aliphatic hydroxyl groups excluding tert-OH is 1. The van der Waals surface area contributed by atoms with Crippen molar-refractivity contribution in [3.8, 4) is 0 Å². The first kappa shape index (κ1) is 10.3. The van der Waals surface area contributed by atoms with E-state index in [9.17, 15) is 5.11 Å². The van der Waals surface area contributed by atoms with Crippen molar-refractivity contribution in [3.05, 3.63) is 23.5 Å². The van der Waals surface area contributed by atoms with Gasteiger partial charge in [0.25, 0.3) is 0 Å². The third-order valence-corrected chi connectivity index (χ3v) is 1.57. The van der Waals surface area contributed by atoms with Crippen molar-refractivity contribution in [1.29, 1.82) is 0 Å². The molecule has 0 spiro atoms. The molecule has 0 aromatic rings. The van der Waals surface area contributed by atoms with Crippen LogP contribution in [0.5, 0.6) is 0 Å². The van der Waals surface area contributed by atoms with Crippen LogP contribution >= 0.6 is 0 Å². The largest absolute Gasteiger partial charge is 0.512 e. The Labute approximate surface area is 69.4 Å². The number of aliphatic hydroxyl groups is 1. The van der Waals surface area contributed by atoms with Gasteiger partial charge in [0.15, 0.2) is 0 Å². The number of allylic oxidation sites excluding steroid dienone is 4. The van der Waals surface area contributed by atoms with Crippen LogP contribution in [0.1, 0.15) is 34.1 Å². The predicted octanol–water partition coefficient (Wildman–Crippen LogP) is 3.44. The molecule has 0 aliphatic carbocycles. The summed E-state index contributed by atoms with van der Waals surface area (Å²) in [4.78, 5) is 0. The van der Waals surface area contributed by atoms with Gasteiger partial charge in [0.1, 0.15) is 0 Å². The minimum atomic E-state index is 0.405. The molecule has 0 unspecified atom stereocenters. The highest BCUT2D eigenvalue weighted by molar-refractivity contribution is 5.22. The fourth-order valence-corrected chi connectivity index (χ4v) is 0.976. The Hall–Kier alpha value is -0.720. The molecule has 0 atom stereocenters. The SMILES string of the molecule is CC/C=C\C(=C(/C)O)C(C)C. The number of hydrogen-bond acceptors (Lipinski definition) is 1. The highest BCUT2D eigenvalue weighted by atomic mass is 16.3. The molecule has 0 heterocycles. The molecule has 0 aliphatic heterocycles. The molecule has 1 N–H and O–H groups in total. The average Bonchev–Trinajstić information content (AvgIpc) is 1.87. The minimum Gasteiger partial charge on any atom is -0.512 e. The third-order valence-electron chi connectivity index (χ3n) is 1.57. The molecule has 0 fully saturated rings. The van der Waals surface area contributed by atoms with Crippen molar-refractivity contribution in [1.82, 2.24) is 0 Å². The fourth-order valence-electron chi connectivity index (χ4n) is 0.976. The topological polar surface area (TPSA) is 20.2 Å². The van der Waals surface area contributed by atoms with Gasteiger partial charge in [-0.25, -0.2) is 0 Å². The summed E-state index contributed by atoms with van der Waals surface area (Å²) in [6.07, 6.45) is 5.08. The maximum Gasteiger partial charge on any atom is 0.0926 e. The lowest BCUT2D eigenvalue weighted by Crippen LogP contribution is -1.94. The van der Waals surface area contributed by atoms with Crippen LogP contribution in [0.25, 0.3) is 0 Å². The van der Waals surface area contributed by atoms with Crippen molar-refractivity contribution < 1.29 is 5.11 Å². The van der Waals surface area contributed by atoms with E-state index in [0.717, 1.165) is 12.0 Å². The standard InChI is InChI=1S/C10H18O/c1-5-6-7-10(8(2)3)9(4)11/h6-8,11H,5H2,1-4H3/b7-6-,10-9-. The molecule has 0 aliphatic rings. The Bertz CT molecular complexity index is 160. The average molecular weight is 154 g/mol. The lowest BCUT2D eigenvalue weighted by atomic mass is 10.0. The van der Waals surface area contributed by atoms with Gasteiger partial charge in [-0.1, -0.05) is 32.9 Å². The lowest BCUT2D eigenvalue weighted by molar-refractivity contribution is 0.402. The molecule has 11 heavy (non-hydrogen) atoms.